The fourth-order valence-corrected chi connectivity index (χ4v) is 0.748. The van der Waals surface area contributed by atoms with Crippen LogP contribution in [0.5, 0.6) is 0 Å². The van der Waals surface area contributed by atoms with E-state index in [0.717, 1.165) is 11.1 Å². The van der Waals surface area contributed by atoms with E-state index in [0.29, 0.717) is 0 Å². The molecule has 1 radical (unpaired) electrons. The Morgan fingerprint density at radius 1 is 1.30 bits per heavy atom. The summed E-state index contributed by atoms with van der Waals surface area (Å²) in [4.78, 5) is 0. The summed E-state index contributed by atoms with van der Waals surface area (Å²) in [6.07, 6.45) is 1.65. The molecule has 0 saturated carbocycles. The maximum absolute atomic E-state index is 5.59. The number of allylic oxidation sites excluding steroid dienone is 2. The van der Waals surface area contributed by atoms with E-state index in [1.165, 1.54) is 0 Å². The molecule has 0 aliphatic heterocycles. The van der Waals surface area contributed by atoms with Crippen LogP contribution in [0.1, 0.15) is 5.56 Å². The number of benzene rings is 1. The summed E-state index contributed by atoms with van der Waals surface area (Å²) >= 11 is 0. The van der Waals surface area contributed by atoms with Gasteiger partial charge in [-0.15, -0.1) is 0 Å². The SMILES string of the molecule is [CH]=C(C=C)c1ccccc1. The lowest BCUT2D eigenvalue weighted by molar-refractivity contribution is 1.63. The van der Waals surface area contributed by atoms with E-state index >= 15 is 0 Å². The molecule has 0 aliphatic rings. The summed E-state index contributed by atoms with van der Waals surface area (Å²) in [5, 5.41) is 0. The molecule has 0 atom stereocenters. The molecule has 0 aliphatic carbocycles. The highest BCUT2D eigenvalue weighted by Gasteiger charge is 1.89. The van der Waals surface area contributed by atoms with Crippen LogP contribution in [0.4, 0.5) is 0 Å². The van der Waals surface area contributed by atoms with E-state index in [1.54, 1.807) is 6.08 Å². The molecule has 0 fully saturated rings. The Morgan fingerprint density at radius 2 is 1.90 bits per heavy atom. The summed E-state index contributed by atoms with van der Waals surface area (Å²) in [5.41, 5.74) is 1.75. The molecule has 0 nitrogen and oxygen atoms in total. The van der Waals surface area contributed by atoms with Gasteiger partial charge in [0.2, 0.25) is 0 Å². The lowest BCUT2D eigenvalue weighted by Crippen LogP contribution is -1.74. The van der Waals surface area contributed by atoms with Gasteiger partial charge in [-0.25, -0.2) is 0 Å². The molecule has 0 spiro atoms. The molecule has 1 rings (SSSR count). The van der Waals surface area contributed by atoms with Crippen LogP contribution >= 0.6 is 0 Å². The average Bonchev–Trinajstić information content (AvgIpc) is 2.05. The first kappa shape index (κ1) is 6.81. The smallest absolute Gasteiger partial charge is 0.0184 e. The van der Waals surface area contributed by atoms with Crippen LogP contribution < -0.4 is 0 Å². The molecule has 49 valence electrons. The first-order chi connectivity index (χ1) is 4.84. The van der Waals surface area contributed by atoms with E-state index < -0.39 is 0 Å². The highest BCUT2D eigenvalue weighted by Crippen LogP contribution is 2.10. The molecule has 0 bridgehead atoms. The first-order valence-corrected chi connectivity index (χ1v) is 3.15. The molecular weight excluding hydrogens is 120 g/mol. The maximum atomic E-state index is 5.59. The molecule has 0 amide bonds. The van der Waals surface area contributed by atoms with E-state index in [-0.39, 0.29) is 0 Å². The zero-order valence-corrected chi connectivity index (χ0v) is 5.75. The summed E-state index contributed by atoms with van der Waals surface area (Å²) in [6, 6.07) is 9.77. The van der Waals surface area contributed by atoms with Crippen LogP contribution in [0.25, 0.3) is 5.57 Å². The van der Waals surface area contributed by atoms with Crippen molar-refractivity contribution in [3.63, 3.8) is 0 Å². The maximum Gasteiger partial charge on any atom is -0.0184 e. The van der Waals surface area contributed by atoms with Gasteiger partial charge in [0, 0.05) is 0 Å². The largest absolute Gasteiger partial charge is 0.0984 e. The summed E-state index contributed by atoms with van der Waals surface area (Å²) < 4.78 is 0. The molecule has 0 heterocycles. The number of rotatable bonds is 2. The second-order valence-electron chi connectivity index (χ2n) is 2.03. The van der Waals surface area contributed by atoms with Gasteiger partial charge in [0.15, 0.2) is 0 Å². The van der Waals surface area contributed by atoms with Crippen molar-refractivity contribution in [3.8, 4) is 0 Å². The van der Waals surface area contributed by atoms with Crippen LogP contribution in [-0.2, 0) is 0 Å². The van der Waals surface area contributed by atoms with Crippen molar-refractivity contribution in [2.75, 3.05) is 0 Å². The Labute approximate surface area is 61.5 Å². The second-order valence-corrected chi connectivity index (χ2v) is 2.03. The fraction of sp³-hybridized carbons (Fsp3) is 0. The average molecular weight is 129 g/mol. The quantitative estimate of drug-likeness (QED) is 0.538. The van der Waals surface area contributed by atoms with Crippen molar-refractivity contribution in [3.05, 3.63) is 55.1 Å². The number of hydrogen-bond acceptors (Lipinski definition) is 0. The van der Waals surface area contributed by atoms with Gasteiger partial charge in [0.25, 0.3) is 0 Å². The third kappa shape index (κ3) is 1.35. The van der Waals surface area contributed by atoms with Crippen molar-refractivity contribution < 1.29 is 0 Å². The highest BCUT2D eigenvalue weighted by molar-refractivity contribution is 5.69. The van der Waals surface area contributed by atoms with E-state index in [2.05, 4.69) is 6.58 Å². The Hall–Kier alpha value is -1.30. The molecular formula is C10H9. The normalized spacial score (nSPS) is 8.80. The van der Waals surface area contributed by atoms with E-state index in [9.17, 15) is 0 Å². The van der Waals surface area contributed by atoms with Crippen LogP contribution in [0.3, 0.4) is 0 Å². The van der Waals surface area contributed by atoms with Gasteiger partial charge in [-0.05, 0) is 11.1 Å². The number of hydrogen-bond donors (Lipinski definition) is 0. The van der Waals surface area contributed by atoms with E-state index in [1.807, 2.05) is 30.3 Å². The standard InChI is InChI=1S/C10H9/c1-3-9(2)10-7-5-4-6-8-10/h2-8H,1H2. The molecule has 1 aromatic rings. The van der Waals surface area contributed by atoms with Crippen molar-refractivity contribution in [1.82, 2.24) is 0 Å². The Morgan fingerprint density at radius 3 is 2.40 bits per heavy atom. The highest BCUT2D eigenvalue weighted by atomic mass is 13.9. The van der Waals surface area contributed by atoms with Crippen LogP contribution in [0, 0.1) is 6.58 Å². The minimum Gasteiger partial charge on any atom is -0.0984 e. The molecule has 0 heteroatoms. The lowest BCUT2D eigenvalue weighted by Gasteiger charge is -1.95. The van der Waals surface area contributed by atoms with Gasteiger partial charge in [-0.1, -0.05) is 49.6 Å². The zero-order valence-electron chi connectivity index (χ0n) is 5.75. The first-order valence-electron chi connectivity index (χ1n) is 3.15. The molecule has 0 unspecified atom stereocenters. The van der Waals surface area contributed by atoms with Crippen molar-refractivity contribution in [1.29, 1.82) is 0 Å². The van der Waals surface area contributed by atoms with Crippen molar-refractivity contribution >= 4 is 5.57 Å². The molecule has 0 aromatic heterocycles. The Balaban J connectivity index is 2.95. The predicted octanol–water partition coefficient (Wildman–Crippen LogP) is 2.69. The van der Waals surface area contributed by atoms with Gasteiger partial charge in [0.05, 0.1) is 0 Å². The predicted molar refractivity (Wildman–Crippen MR) is 44.3 cm³/mol. The van der Waals surface area contributed by atoms with Crippen molar-refractivity contribution in [2.45, 2.75) is 0 Å². The second kappa shape index (κ2) is 3.02. The van der Waals surface area contributed by atoms with Gasteiger partial charge >= 0.3 is 0 Å². The van der Waals surface area contributed by atoms with Gasteiger partial charge in [-0.2, -0.15) is 0 Å². The van der Waals surface area contributed by atoms with Crippen molar-refractivity contribution in [2.24, 2.45) is 0 Å². The van der Waals surface area contributed by atoms with Crippen LogP contribution in [0.15, 0.2) is 43.0 Å². The van der Waals surface area contributed by atoms with Crippen LogP contribution in [0.2, 0.25) is 0 Å². The fourth-order valence-electron chi connectivity index (χ4n) is 0.748. The monoisotopic (exact) mass is 129 g/mol. The van der Waals surface area contributed by atoms with Gasteiger partial charge < -0.3 is 0 Å². The molecule has 0 saturated heterocycles. The Bertz CT molecular complexity index is 231. The third-order valence-electron chi connectivity index (χ3n) is 1.33. The minimum absolute atomic E-state index is 0.723. The van der Waals surface area contributed by atoms with Gasteiger partial charge in [0.1, 0.15) is 0 Å². The summed E-state index contributed by atoms with van der Waals surface area (Å²) in [6.45, 7) is 9.17. The molecule has 1 aromatic carbocycles. The topological polar surface area (TPSA) is 0 Å². The minimum atomic E-state index is 0.723. The summed E-state index contributed by atoms with van der Waals surface area (Å²) in [7, 11) is 0. The van der Waals surface area contributed by atoms with E-state index in [4.69, 9.17) is 6.58 Å². The molecule has 0 N–H and O–H groups in total. The van der Waals surface area contributed by atoms with Gasteiger partial charge in [-0.3, -0.25) is 0 Å². The summed E-state index contributed by atoms with van der Waals surface area (Å²) in [5.74, 6) is 0. The van der Waals surface area contributed by atoms with Crippen LogP contribution in [-0.4, -0.2) is 0 Å². The Kier molecular flexibility index (Phi) is 2.06. The zero-order chi connectivity index (χ0) is 7.40. The lowest BCUT2D eigenvalue weighted by atomic mass is 10.1. The molecule has 10 heavy (non-hydrogen) atoms. The third-order valence-corrected chi connectivity index (χ3v) is 1.33.